The van der Waals surface area contributed by atoms with Crippen molar-refractivity contribution in [2.45, 2.75) is 20.3 Å². The molecule has 27 heavy (non-hydrogen) atoms. The summed E-state index contributed by atoms with van der Waals surface area (Å²) in [5.74, 6) is -0.0281. The molecule has 4 heteroatoms. The monoisotopic (exact) mass is 359 g/mol. The summed E-state index contributed by atoms with van der Waals surface area (Å²) >= 11 is 0. The van der Waals surface area contributed by atoms with Gasteiger partial charge in [0.2, 0.25) is 0 Å². The predicted octanol–water partition coefficient (Wildman–Crippen LogP) is 4.46. The molecule has 0 aromatic heterocycles. The quantitative estimate of drug-likeness (QED) is 0.499. The van der Waals surface area contributed by atoms with Gasteiger partial charge in [-0.25, -0.2) is 0 Å². The molecule has 0 fully saturated rings. The Morgan fingerprint density at radius 1 is 0.889 bits per heavy atom. The predicted molar refractivity (Wildman–Crippen MR) is 107 cm³/mol. The Morgan fingerprint density at radius 3 is 2.44 bits per heavy atom. The van der Waals surface area contributed by atoms with Crippen molar-refractivity contribution in [1.82, 2.24) is 0 Å². The zero-order chi connectivity index (χ0) is 19.0. The Labute approximate surface area is 158 Å². The summed E-state index contributed by atoms with van der Waals surface area (Å²) in [5.41, 5.74) is 3.11. The van der Waals surface area contributed by atoms with Crippen LogP contribution in [0.4, 0.5) is 5.69 Å². The van der Waals surface area contributed by atoms with Crippen LogP contribution in [0.25, 0.3) is 10.8 Å². The summed E-state index contributed by atoms with van der Waals surface area (Å²) in [6.45, 7) is 4.75. The Kier molecular flexibility index (Phi) is 4.40. The lowest BCUT2D eigenvalue weighted by Crippen LogP contribution is -2.31. The van der Waals surface area contributed by atoms with Gasteiger partial charge in [0.25, 0.3) is 11.7 Å². The molecular formula is C23H21NO3. The first-order valence-electron chi connectivity index (χ1n) is 9.14. The van der Waals surface area contributed by atoms with E-state index in [1.807, 2.05) is 56.3 Å². The number of aryl methyl sites for hydroxylation is 2. The van der Waals surface area contributed by atoms with Crippen molar-refractivity contribution in [2.75, 3.05) is 18.1 Å². The topological polar surface area (TPSA) is 46.6 Å². The summed E-state index contributed by atoms with van der Waals surface area (Å²) in [7, 11) is 0. The second kappa shape index (κ2) is 6.88. The zero-order valence-corrected chi connectivity index (χ0v) is 15.5. The molecule has 0 atom stereocenters. The number of fused-ring (bicyclic) bond motifs is 2. The van der Waals surface area contributed by atoms with E-state index in [-0.39, 0.29) is 0 Å². The van der Waals surface area contributed by atoms with E-state index in [2.05, 4.69) is 12.1 Å². The highest BCUT2D eigenvalue weighted by molar-refractivity contribution is 6.52. The minimum Gasteiger partial charge on any atom is -0.494 e. The SMILES string of the molecule is Cc1ccc(C)c2c1C(=O)C(=O)N2CCCOc1ccc2ccccc2c1. The largest absolute Gasteiger partial charge is 0.494 e. The lowest BCUT2D eigenvalue weighted by Gasteiger charge is -2.19. The van der Waals surface area contributed by atoms with Crippen molar-refractivity contribution < 1.29 is 14.3 Å². The number of anilines is 1. The number of amides is 1. The molecule has 0 aliphatic carbocycles. The first kappa shape index (κ1) is 17.3. The fourth-order valence-corrected chi connectivity index (χ4v) is 3.64. The lowest BCUT2D eigenvalue weighted by atomic mass is 10.0. The van der Waals surface area contributed by atoms with Crippen LogP contribution in [0.2, 0.25) is 0 Å². The Bertz CT molecular complexity index is 1050. The fourth-order valence-electron chi connectivity index (χ4n) is 3.64. The molecule has 0 unspecified atom stereocenters. The van der Waals surface area contributed by atoms with Gasteiger partial charge in [-0.05, 0) is 54.3 Å². The molecule has 4 rings (SSSR count). The van der Waals surface area contributed by atoms with Gasteiger partial charge in [0.1, 0.15) is 5.75 Å². The Hall–Kier alpha value is -3.14. The summed E-state index contributed by atoms with van der Waals surface area (Å²) in [5, 5.41) is 2.31. The summed E-state index contributed by atoms with van der Waals surface area (Å²) in [6, 6.07) is 18.0. The average Bonchev–Trinajstić information content (AvgIpc) is 2.94. The number of carbonyl (C=O) groups is 2. The van der Waals surface area contributed by atoms with E-state index in [4.69, 9.17) is 4.74 Å². The summed E-state index contributed by atoms with van der Waals surface area (Å²) in [4.78, 5) is 26.4. The highest BCUT2D eigenvalue weighted by Gasteiger charge is 2.37. The first-order valence-corrected chi connectivity index (χ1v) is 9.14. The molecule has 1 aliphatic rings. The molecule has 0 saturated carbocycles. The van der Waals surface area contributed by atoms with E-state index in [9.17, 15) is 9.59 Å². The van der Waals surface area contributed by atoms with Crippen molar-refractivity contribution >= 4 is 28.2 Å². The highest BCUT2D eigenvalue weighted by atomic mass is 16.5. The molecule has 4 nitrogen and oxygen atoms in total. The molecule has 3 aromatic rings. The van der Waals surface area contributed by atoms with Crippen LogP contribution in [0.3, 0.4) is 0 Å². The van der Waals surface area contributed by atoms with E-state index < -0.39 is 11.7 Å². The number of benzene rings is 3. The van der Waals surface area contributed by atoms with Crippen LogP contribution in [0.5, 0.6) is 5.75 Å². The third-order valence-corrected chi connectivity index (χ3v) is 5.04. The van der Waals surface area contributed by atoms with Crippen molar-refractivity contribution in [3.8, 4) is 5.75 Å². The number of Topliss-reactive ketones (excluding diaryl/α,β-unsaturated/α-hetero) is 1. The number of carbonyl (C=O) groups excluding carboxylic acids is 2. The van der Waals surface area contributed by atoms with Crippen molar-refractivity contribution in [3.05, 3.63) is 71.3 Å². The average molecular weight is 359 g/mol. The third-order valence-electron chi connectivity index (χ3n) is 5.04. The molecule has 136 valence electrons. The van der Waals surface area contributed by atoms with Gasteiger partial charge in [0.05, 0.1) is 17.9 Å². The van der Waals surface area contributed by atoms with Gasteiger partial charge >= 0.3 is 0 Å². The second-order valence-electron chi connectivity index (χ2n) is 6.92. The molecule has 0 radical (unpaired) electrons. The molecule has 1 aliphatic heterocycles. The molecule has 0 bridgehead atoms. The minimum absolute atomic E-state index is 0.401. The molecule has 1 amide bonds. The molecule has 0 saturated heterocycles. The molecular weight excluding hydrogens is 338 g/mol. The normalized spacial score (nSPS) is 13.3. The van der Waals surface area contributed by atoms with Crippen LogP contribution in [0.1, 0.15) is 27.9 Å². The summed E-state index contributed by atoms with van der Waals surface area (Å²) < 4.78 is 5.86. The van der Waals surface area contributed by atoms with Crippen molar-refractivity contribution in [1.29, 1.82) is 0 Å². The second-order valence-corrected chi connectivity index (χ2v) is 6.92. The number of ether oxygens (including phenoxy) is 1. The highest BCUT2D eigenvalue weighted by Crippen LogP contribution is 2.34. The maximum Gasteiger partial charge on any atom is 0.299 e. The maximum atomic E-state index is 12.4. The first-order chi connectivity index (χ1) is 13.1. The van der Waals surface area contributed by atoms with Gasteiger partial charge in [0, 0.05) is 6.54 Å². The smallest absolute Gasteiger partial charge is 0.299 e. The fraction of sp³-hybridized carbons (Fsp3) is 0.217. The van der Waals surface area contributed by atoms with E-state index in [1.54, 1.807) is 4.90 Å². The number of rotatable bonds is 5. The van der Waals surface area contributed by atoms with Gasteiger partial charge in [-0.3, -0.25) is 9.59 Å². The van der Waals surface area contributed by atoms with Crippen LogP contribution in [-0.4, -0.2) is 24.8 Å². The molecule has 1 heterocycles. The minimum atomic E-state index is -0.437. The zero-order valence-electron chi connectivity index (χ0n) is 15.5. The molecule has 0 spiro atoms. The van der Waals surface area contributed by atoms with Crippen LogP contribution >= 0.6 is 0 Å². The van der Waals surface area contributed by atoms with Crippen molar-refractivity contribution in [2.24, 2.45) is 0 Å². The molecule has 3 aromatic carbocycles. The number of hydrogen-bond acceptors (Lipinski definition) is 3. The van der Waals surface area contributed by atoms with Gasteiger partial charge in [-0.1, -0.05) is 42.5 Å². The standard InChI is InChI=1S/C23H21NO3/c1-15-8-9-16(2)21-20(15)22(25)23(26)24(21)12-5-13-27-19-11-10-17-6-3-4-7-18(17)14-19/h3-4,6-11,14H,5,12-13H2,1-2H3. The van der Waals surface area contributed by atoms with Crippen LogP contribution in [0, 0.1) is 13.8 Å². The Balaban J connectivity index is 1.43. The maximum absolute atomic E-state index is 12.4. The van der Waals surface area contributed by atoms with E-state index in [0.29, 0.717) is 25.1 Å². The van der Waals surface area contributed by atoms with Gasteiger partial charge in [0.15, 0.2) is 0 Å². The van der Waals surface area contributed by atoms with Crippen LogP contribution in [0.15, 0.2) is 54.6 Å². The van der Waals surface area contributed by atoms with Crippen LogP contribution in [-0.2, 0) is 4.79 Å². The van der Waals surface area contributed by atoms with Gasteiger partial charge in [-0.15, -0.1) is 0 Å². The van der Waals surface area contributed by atoms with Crippen molar-refractivity contribution in [3.63, 3.8) is 0 Å². The number of nitrogens with zero attached hydrogens (tertiary/aromatic N) is 1. The lowest BCUT2D eigenvalue weighted by molar-refractivity contribution is -0.114. The van der Waals surface area contributed by atoms with E-state index >= 15 is 0 Å². The van der Waals surface area contributed by atoms with Gasteiger partial charge in [-0.2, -0.15) is 0 Å². The molecule has 0 N–H and O–H groups in total. The third kappa shape index (κ3) is 3.08. The Morgan fingerprint density at radius 2 is 1.63 bits per heavy atom. The van der Waals surface area contributed by atoms with E-state index in [1.165, 1.54) is 5.39 Å². The summed E-state index contributed by atoms with van der Waals surface area (Å²) in [6.07, 6.45) is 0.651. The number of ketones is 1. The van der Waals surface area contributed by atoms with E-state index in [0.717, 1.165) is 28.0 Å². The van der Waals surface area contributed by atoms with Gasteiger partial charge < -0.3 is 9.64 Å². The van der Waals surface area contributed by atoms with Crippen LogP contribution < -0.4 is 9.64 Å². The number of hydrogen-bond donors (Lipinski definition) is 0.